The van der Waals surface area contributed by atoms with Crippen LogP contribution in [-0.2, 0) is 4.79 Å². The van der Waals surface area contributed by atoms with Crippen LogP contribution < -0.4 is 20.1 Å². The summed E-state index contributed by atoms with van der Waals surface area (Å²) >= 11 is 0. The molecule has 2 aromatic rings. The molecule has 1 saturated heterocycles. The van der Waals surface area contributed by atoms with Crippen molar-refractivity contribution in [2.75, 3.05) is 26.4 Å². The van der Waals surface area contributed by atoms with E-state index in [0.717, 1.165) is 0 Å². The van der Waals surface area contributed by atoms with Gasteiger partial charge in [0.2, 0.25) is 12.7 Å². The molecule has 0 aliphatic carbocycles. The van der Waals surface area contributed by atoms with Crippen molar-refractivity contribution in [1.29, 1.82) is 0 Å². The van der Waals surface area contributed by atoms with Gasteiger partial charge in [-0.25, -0.2) is 0 Å². The van der Waals surface area contributed by atoms with E-state index in [0.29, 0.717) is 48.6 Å². The van der Waals surface area contributed by atoms with E-state index in [4.69, 9.17) is 9.47 Å². The van der Waals surface area contributed by atoms with Crippen LogP contribution in [0, 0.1) is 0 Å². The molecular weight excluding hydrogens is 386 g/mol. The van der Waals surface area contributed by atoms with Crippen LogP contribution in [0.15, 0.2) is 48.5 Å². The van der Waals surface area contributed by atoms with Crippen molar-refractivity contribution in [2.45, 2.75) is 18.9 Å². The maximum absolute atomic E-state index is 12.5. The van der Waals surface area contributed by atoms with Crippen molar-refractivity contribution in [3.05, 3.63) is 59.7 Å². The molecule has 0 aromatic heterocycles. The SMILES string of the molecule is O=C(NCC(=O)N1CCC(NC(=O)c2ccc3c(c2)OCO3)CC1)c1ccccc1. The molecule has 156 valence electrons. The van der Waals surface area contributed by atoms with Gasteiger partial charge in [0, 0.05) is 30.3 Å². The van der Waals surface area contributed by atoms with E-state index in [9.17, 15) is 14.4 Å². The van der Waals surface area contributed by atoms with E-state index in [1.54, 1.807) is 47.4 Å². The molecule has 0 radical (unpaired) electrons. The number of carbonyl (C=O) groups is 3. The molecular formula is C22H23N3O5. The molecule has 1 fully saturated rings. The molecule has 0 unspecified atom stereocenters. The van der Waals surface area contributed by atoms with E-state index in [2.05, 4.69) is 10.6 Å². The first-order chi connectivity index (χ1) is 14.6. The van der Waals surface area contributed by atoms with E-state index >= 15 is 0 Å². The average molecular weight is 409 g/mol. The zero-order chi connectivity index (χ0) is 20.9. The number of amides is 3. The molecule has 2 aliphatic heterocycles. The molecule has 4 rings (SSSR count). The predicted octanol–water partition coefficient (Wildman–Crippen LogP) is 1.57. The average Bonchev–Trinajstić information content (AvgIpc) is 3.26. The molecule has 30 heavy (non-hydrogen) atoms. The number of hydrogen-bond acceptors (Lipinski definition) is 5. The third-order valence-electron chi connectivity index (χ3n) is 5.25. The summed E-state index contributed by atoms with van der Waals surface area (Å²) in [7, 11) is 0. The van der Waals surface area contributed by atoms with Crippen LogP contribution in [0.4, 0.5) is 0 Å². The molecule has 2 aliphatic rings. The second-order valence-electron chi connectivity index (χ2n) is 7.25. The van der Waals surface area contributed by atoms with Gasteiger partial charge in [0.05, 0.1) is 6.54 Å². The van der Waals surface area contributed by atoms with Gasteiger partial charge in [-0.3, -0.25) is 14.4 Å². The second kappa shape index (κ2) is 8.86. The standard InChI is InChI=1S/C22H23N3O5/c26-20(13-23-21(27)15-4-2-1-3-5-15)25-10-8-17(9-11-25)24-22(28)16-6-7-18-19(12-16)30-14-29-18/h1-7,12,17H,8-11,13-14H2,(H,23,27)(H,24,28). The molecule has 0 bridgehead atoms. The fraction of sp³-hybridized carbons (Fsp3) is 0.318. The van der Waals surface area contributed by atoms with E-state index in [-0.39, 0.29) is 37.1 Å². The van der Waals surface area contributed by atoms with Gasteiger partial charge in [0.1, 0.15) is 0 Å². The highest BCUT2D eigenvalue weighted by atomic mass is 16.7. The van der Waals surface area contributed by atoms with Crippen LogP contribution in [0.1, 0.15) is 33.6 Å². The summed E-state index contributed by atoms with van der Waals surface area (Å²) in [6.45, 7) is 1.19. The summed E-state index contributed by atoms with van der Waals surface area (Å²) in [4.78, 5) is 38.7. The Bertz CT molecular complexity index is 939. The van der Waals surface area contributed by atoms with Crippen molar-refractivity contribution < 1.29 is 23.9 Å². The fourth-order valence-corrected chi connectivity index (χ4v) is 3.54. The Morgan fingerprint density at radius 1 is 0.900 bits per heavy atom. The summed E-state index contributed by atoms with van der Waals surface area (Å²) in [5.74, 6) is 0.640. The lowest BCUT2D eigenvalue weighted by atomic mass is 10.0. The zero-order valence-electron chi connectivity index (χ0n) is 16.4. The van der Waals surface area contributed by atoms with Crippen LogP contribution >= 0.6 is 0 Å². The molecule has 2 heterocycles. The monoisotopic (exact) mass is 409 g/mol. The number of fused-ring (bicyclic) bond motifs is 1. The highest BCUT2D eigenvalue weighted by molar-refractivity contribution is 5.96. The first-order valence-electron chi connectivity index (χ1n) is 9.92. The molecule has 2 aromatic carbocycles. The van der Waals surface area contributed by atoms with Gasteiger partial charge in [-0.05, 0) is 43.2 Å². The Balaban J connectivity index is 1.22. The topological polar surface area (TPSA) is 97.0 Å². The number of rotatable bonds is 5. The van der Waals surface area contributed by atoms with Crippen molar-refractivity contribution in [3.8, 4) is 11.5 Å². The van der Waals surface area contributed by atoms with Crippen molar-refractivity contribution in [2.24, 2.45) is 0 Å². The Kier molecular flexibility index (Phi) is 5.83. The highest BCUT2D eigenvalue weighted by Crippen LogP contribution is 2.32. The number of nitrogens with zero attached hydrogens (tertiary/aromatic N) is 1. The van der Waals surface area contributed by atoms with Gasteiger partial charge in [0.15, 0.2) is 11.5 Å². The maximum Gasteiger partial charge on any atom is 0.251 e. The highest BCUT2D eigenvalue weighted by Gasteiger charge is 2.25. The van der Waals surface area contributed by atoms with Crippen molar-refractivity contribution in [1.82, 2.24) is 15.5 Å². The van der Waals surface area contributed by atoms with Crippen molar-refractivity contribution >= 4 is 17.7 Å². The Morgan fingerprint density at radius 2 is 1.63 bits per heavy atom. The number of ether oxygens (including phenoxy) is 2. The molecule has 8 heteroatoms. The number of hydrogen-bond donors (Lipinski definition) is 2. The van der Waals surface area contributed by atoms with Crippen LogP contribution in [0.3, 0.4) is 0 Å². The number of carbonyl (C=O) groups excluding carboxylic acids is 3. The number of nitrogens with one attached hydrogen (secondary N) is 2. The first kappa shape index (κ1) is 19.8. The summed E-state index contributed by atoms with van der Waals surface area (Å²) in [5.41, 5.74) is 1.04. The molecule has 2 N–H and O–H groups in total. The molecule has 0 spiro atoms. The molecule has 0 atom stereocenters. The summed E-state index contributed by atoms with van der Waals surface area (Å²) in [5, 5.41) is 5.67. The first-order valence-corrected chi connectivity index (χ1v) is 9.92. The van der Waals surface area contributed by atoms with E-state index in [1.165, 1.54) is 0 Å². The maximum atomic E-state index is 12.5. The van der Waals surface area contributed by atoms with Crippen LogP contribution in [0.25, 0.3) is 0 Å². The minimum Gasteiger partial charge on any atom is -0.454 e. The van der Waals surface area contributed by atoms with Crippen molar-refractivity contribution in [3.63, 3.8) is 0 Å². The van der Waals surface area contributed by atoms with Gasteiger partial charge in [-0.1, -0.05) is 18.2 Å². The molecule has 0 saturated carbocycles. The molecule has 3 amide bonds. The lowest BCUT2D eigenvalue weighted by molar-refractivity contribution is -0.131. The van der Waals surface area contributed by atoms with E-state index in [1.807, 2.05) is 6.07 Å². The summed E-state index contributed by atoms with van der Waals surface area (Å²) in [6, 6.07) is 13.9. The Hall–Kier alpha value is -3.55. The lowest BCUT2D eigenvalue weighted by Gasteiger charge is -2.32. The van der Waals surface area contributed by atoms with Gasteiger partial charge >= 0.3 is 0 Å². The third kappa shape index (κ3) is 4.53. The Morgan fingerprint density at radius 3 is 2.40 bits per heavy atom. The number of benzene rings is 2. The van der Waals surface area contributed by atoms with Gasteiger partial charge < -0.3 is 25.0 Å². The predicted molar refractivity (Wildman–Crippen MR) is 108 cm³/mol. The van der Waals surface area contributed by atoms with Crippen LogP contribution in [0.5, 0.6) is 11.5 Å². The van der Waals surface area contributed by atoms with Crippen LogP contribution in [-0.4, -0.2) is 55.1 Å². The van der Waals surface area contributed by atoms with Crippen LogP contribution in [0.2, 0.25) is 0 Å². The number of piperidine rings is 1. The van der Waals surface area contributed by atoms with Gasteiger partial charge in [-0.15, -0.1) is 0 Å². The van der Waals surface area contributed by atoms with E-state index < -0.39 is 0 Å². The molecule has 8 nitrogen and oxygen atoms in total. The van der Waals surface area contributed by atoms with Gasteiger partial charge in [-0.2, -0.15) is 0 Å². The quantitative estimate of drug-likeness (QED) is 0.781. The summed E-state index contributed by atoms with van der Waals surface area (Å²) in [6.07, 6.45) is 1.32. The zero-order valence-corrected chi connectivity index (χ0v) is 16.4. The third-order valence-corrected chi connectivity index (χ3v) is 5.25. The summed E-state index contributed by atoms with van der Waals surface area (Å²) < 4.78 is 10.6. The lowest BCUT2D eigenvalue weighted by Crippen LogP contribution is -2.49. The largest absolute Gasteiger partial charge is 0.454 e. The number of likely N-dealkylation sites (tertiary alicyclic amines) is 1. The Labute approximate surface area is 174 Å². The minimum absolute atomic E-state index is 0.00844. The fourth-order valence-electron chi connectivity index (χ4n) is 3.54. The normalized spacial score (nSPS) is 15.5. The van der Waals surface area contributed by atoms with Gasteiger partial charge in [0.25, 0.3) is 11.8 Å². The smallest absolute Gasteiger partial charge is 0.251 e. The minimum atomic E-state index is -0.269. The second-order valence-corrected chi connectivity index (χ2v) is 7.25.